The number of hydrogen-bond donors (Lipinski definition) is 0. The van der Waals surface area contributed by atoms with Crippen molar-refractivity contribution >= 4 is 11.8 Å². The lowest BCUT2D eigenvalue weighted by Gasteiger charge is -2.26. The van der Waals surface area contributed by atoms with Gasteiger partial charge in [-0.25, -0.2) is 0 Å². The van der Waals surface area contributed by atoms with Crippen LogP contribution in [0.1, 0.15) is 40.0 Å². The zero-order valence-electron chi connectivity index (χ0n) is 10.0. The van der Waals surface area contributed by atoms with Gasteiger partial charge < -0.3 is 4.90 Å². The molecule has 1 fully saturated rings. The zero-order valence-corrected chi connectivity index (χ0v) is 10.8. The van der Waals surface area contributed by atoms with E-state index in [1.165, 1.54) is 50.4 Å². The van der Waals surface area contributed by atoms with Crippen LogP contribution in [-0.4, -0.2) is 36.0 Å². The molecule has 0 atom stereocenters. The Kier molecular flexibility index (Phi) is 5.32. The van der Waals surface area contributed by atoms with Crippen molar-refractivity contribution < 1.29 is 0 Å². The van der Waals surface area contributed by atoms with Crippen LogP contribution in [0.15, 0.2) is 0 Å². The molecule has 0 unspecified atom stereocenters. The van der Waals surface area contributed by atoms with Crippen molar-refractivity contribution in [3.63, 3.8) is 0 Å². The van der Waals surface area contributed by atoms with Gasteiger partial charge in [-0.15, -0.1) is 0 Å². The molecule has 84 valence electrons. The fraction of sp³-hybridized carbons (Fsp3) is 1.00. The Morgan fingerprint density at radius 3 is 2.43 bits per heavy atom. The number of hydrogen-bond acceptors (Lipinski definition) is 2. The second-order valence-electron chi connectivity index (χ2n) is 4.43. The molecule has 0 aromatic rings. The van der Waals surface area contributed by atoms with Gasteiger partial charge in [-0.3, -0.25) is 0 Å². The van der Waals surface area contributed by atoms with E-state index < -0.39 is 0 Å². The minimum absolute atomic E-state index is 0.664. The average molecular weight is 215 g/mol. The highest BCUT2D eigenvalue weighted by Gasteiger charge is 2.34. The highest BCUT2D eigenvalue weighted by Crippen LogP contribution is 2.36. The van der Waals surface area contributed by atoms with E-state index in [1.54, 1.807) is 0 Å². The molecule has 14 heavy (non-hydrogen) atoms. The minimum Gasteiger partial charge on any atom is -0.302 e. The quantitative estimate of drug-likeness (QED) is 0.626. The van der Waals surface area contributed by atoms with Gasteiger partial charge in [0.15, 0.2) is 0 Å². The van der Waals surface area contributed by atoms with E-state index in [0.29, 0.717) is 5.41 Å². The Balaban J connectivity index is 2.25. The fourth-order valence-electron chi connectivity index (χ4n) is 2.38. The molecule has 0 N–H and O–H groups in total. The third-order valence-electron chi connectivity index (χ3n) is 3.77. The maximum Gasteiger partial charge on any atom is 0.00726 e. The summed E-state index contributed by atoms with van der Waals surface area (Å²) in [4.78, 5) is 2.66. The first-order valence-corrected chi connectivity index (χ1v) is 7.22. The van der Waals surface area contributed by atoms with Crippen LogP contribution >= 0.6 is 11.8 Å². The Morgan fingerprint density at radius 2 is 1.93 bits per heavy atom. The normalized spacial score (nSPS) is 21.6. The van der Waals surface area contributed by atoms with Crippen LogP contribution < -0.4 is 0 Å². The molecule has 1 heterocycles. The highest BCUT2D eigenvalue weighted by atomic mass is 32.2. The van der Waals surface area contributed by atoms with Crippen LogP contribution in [0, 0.1) is 5.41 Å². The Bertz CT molecular complexity index is 154. The Hall–Kier alpha value is 0.310. The molecular weight excluding hydrogens is 190 g/mol. The number of likely N-dealkylation sites (tertiary alicyclic amines) is 1. The van der Waals surface area contributed by atoms with E-state index >= 15 is 0 Å². The predicted octanol–water partition coefficient (Wildman–Crippen LogP) is 3.25. The van der Waals surface area contributed by atoms with Crippen molar-refractivity contribution in [2.75, 3.05) is 31.1 Å². The van der Waals surface area contributed by atoms with Gasteiger partial charge in [-0.05, 0) is 37.0 Å². The van der Waals surface area contributed by atoms with Crippen LogP contribution in [0.2, 0.25) is 0 Å². The van der Waals surface area contributed by atoms with Gasteiger partial charge >= 0.3 is 0 Å². The lowest BCUT2D eigenvalue weighted by molar-refractivity contribution is 0.247. The van der Waals surface area contributed by atoms with Gasteiger partial charge in [0.1, 0.15) is 0 Å². The maximum atomic E-state index is 2.66. The molecule has 1 nitrogen and oxygen atoms in total. The summed E-state index contributed by atoms with van der Waals surface area (Å²) in [6.07, 6.45) is 4.15. The van der Waals surface area contributed by atoms with Crippen LogP contribution in [0.25, 0.3) is 0 Å². The number of thioether (sulfide) groups is 1. The van der Waals surface area contributed by atoms with E-state index in [-0.39, 0.29) is 0 Å². The lowest BCUT2D eigenvalue weighted by Crippen LogP contribution is -2.28. The zero-order chi connectivity index (χ0) is 10.4. The first-order chi connectivity index (χ1) is 6.76. The first kappa shape index (κ1) is 12.4. The molecule has 0 spiro atoms. The van der Waals surface area contributed by atoms with Crippen LogP contribution in [0.3, 0.4) is 0 Å². The fourth-order valence-corrected chi connectivity index (χ4v) is 3.06. The summed E-state index contributed by atoms with van der Waals surface area (Å²) in [6.45, 7) is 11.0. The Morgan fingerprint density at radius 1 is 1.21 bits per heavy atom. The largest absolute Gasteiger partial charge is 0.302 e. The molecule has 1 rings (SSSR count). The standard InChI is InChI=1S/C12H25NS/c1-4-12(5-2)7-8-13(11-12)9-10-14-6-3/h4-11H2,1-3H3. The van der Waals surface area contributed by atoms with Gasteiger partial charge in [0.05, 0.1) is 0 Å². The summed E-state index contributed by atoms with van der Waals surface area (Å²) in [5, 5.41) is 0. The van der Waals surface area contributed by atoms with Gasteiger partial charge in [0.2, 0.25) is 0 Å². The second-order valence-corrected chi connectivity index (χ2v) is 5.82. The predicted molar refractivity (Wildman–Crippen MR) is 67.1 cm³/mol. The molecule has 1 saturated heterocycles. The molecule has 0 radical (unpaired) electrons. The van der Waals surface area contributed by atoms with Crippen molar-refractivity contribution in [3.8, 4) is 0 Å². The molecule has 2 heteroatoms. The van der Waals surface area contributed by atoms with Crippen LogP contribution in [0.5, 0.6) is 0 Å². The molecule has 0 amide bonds. The summed E-state index contributed by atoms with van der Waals surface area (Å²) < 4.78 is 0. The average Bonchev–Trinajstić information content (AvgIpc) is 2.63. The number of rotatable bonds is 6. The lowest BCUT2D eigenvalue weighted by atomic mass is 9.82. The Labute approximate surface area is 93.6 Å². The van der Waals surface area contributed by atoms with E-state index in [9.17, 15) is 0 Å². The summed E-state index contributed by atoms with van der Waals surface area (Å²) in [5.74, 6) is 2.58. The minimum atomic E-state index is 0.664. The number of nitrogens with zero attached hydrogens (tertiary/aromatic N) is 1. The molecule has 0 saturated carbocycles. The third-order valence-corrected chi connectivity index (χ3v) is 4.65. The molecule has 0 bridgehead atoms. The smallest absolute Gasteiger partial charge is 0.00726 e. The van der Waals surface area contributed by atoms with E-state index in [1.807, 2.05) is 0 Å². The topological polar surface area (TPSA) is 3.24 Å². The maximum absolute atomic E-state index is 2.66. The summed E-state index contributed by atoms with van der Waals surface area (Å²) in [6, 6.07) is 0. The summed E-state index contributed by atoms with van der Waals surface area (Å²) in [5.41, 5.74) is 0.664. The first-order valence-electron chi connectivity index (χ1n) is 6.06. The molecular formula is C12H25NS. The third kappa shape index (κ3) is 3.16. The van der Waals surface area contributed by atoms with Crippen LogP contribution in [0.4, 0.5) is 0 Å². The summed E-state index contributed by atoms with van der Waals surface area (Å²) in [7, 11) is 0. The van der Waals surface area contributed by atoms with Crippen molar-refractivity contribution in [3.05, 3.63) is 0 Å². The SMILES string of the molecule is CCSCCN1CCC(CC)(CC)C1. The van der Waals surface area contributed by atoms with Crippen molar-refractivity contribution in [2.24, 2.45) is 5.41 Å². The van der Waals surface area contributed by atoms with E-state index in [2.05, 4.69) is 37.4 Å². The van der Waals surface area contributed by atoms with Gasteiger partial charge in [0.25, 0.3) is 0 Å². The second kappa shape index (κ2) is 6.02. The monoisotopic (exact) mass is 215 g/mol. The van der Waals surface area contributed by atoms with Crippen molar-refractivity contribution in [2.45, 2.75) is 40.0 Å². The van der Waals surface area contributed by atoms with Crippen molar-refractivity contribution in [1.82, 2.24) is 4.90 Å². The highest BCUT2D eigenvalue weighted by molar-refractivity contribution is 7.99. The van der Waals surface area contributed by atoms with E-state index in [0.717, 1.165) is 0 Å². The van der Waals surface area contributed by atoms with Crippen molar-refractivity contribution in [1.29, 1.82) is 0 Å². The van der Waals surface area contributed by atoms with Gasteiger partial charge in [-0.2, -0.15) is 11.8 Å². The van der Waals surface area contributed by atoms with Gasteiger partial charge in [-0.1, -0.05) is 20.8 Å². The van der Waals surface area contributed by atoms with E-state index in [4.69, 9.17) is 0 Å². The molecule has 0 aliphatic carbocycles. The molecule has 1 aliphatic heterocycles. The summed E-state index contributed by atoms with van der Waals surface area (Å²) >= 11 is 2.07. The molecule has 0 aromatic carbocycles. The van der Waals surface area contributed by atoms with Gasteiger partial charge in [0, 0.05) is 18.8 Å². The molecule has 1 aliphatic rings. The molecule has 0 aromatic heterocycles. The van der Waals surface area contributed by atoms with Crippen LogP contribution in [-0.2, 0) is 0 Å².